The van der Waals surface area contributed by atoms with Crippen molar-refractivity contribution in [3.63, 3.8) is 0 Å². The second kappa shape index (κ2) is 7.11. The fourth-order valence-corrected chi connectivity index (χ4v) is 2.10. The molecule has 2 aromatic rings. The van der Waals surface area contributed by atoms with E-state index in [1.807, 2.05) is 36.4 Å². The van der Waals surface area contributed by atoms with Crippen molar-refractivity contribution in [3.05, 3.63) is 64.7 Å². The van der Waals surface area contributed by atoms with E-state index in [1.165, 1.54) is 0 Å². The monoisotopic (exact) mass is 304 g/mol. The highest BCUT2D eigenvalue weighted by Crippen LogP contribution is 2.25. The molecule has 0 aliphatic rings. The third-order valence-electron chi connectivity index (χ3n) is 3.04. The van der Waals surface area contributed by atoms with Crippen molar-refractivity contribution in [2.45, 2.75) is 12.5 Å². The number of ether oxygens (including phenoxy) is 1. The van der Waals surface area contributed by atoms with Crippen LogP contribution in [0.15, 0.2) is 48.5 Å². The fourth-order valence-electron chi connectivity index (χ4n) is 1.90. The van der Waals surface area contributed by atoms with E-state index in [4.69, 9.17) is 27.8 Å². The van der Waals surface area contributed by atoms with Crippen molar-refractivity contribution in [1.82, 2.24) is 0 Å². The maximum Gasteiger partial charge on any atom is 0.237 e. The van der Waals surface area contributed by atoms with E-state index in [9.17, 15) is 4.79 Å². The molecule has 0 bridgehead atoms. The van der Waals surface area contributed by atoms with Gasteiger partial charge < -0.3 is 16.2 Å². The van der Waals surface area contributed by atoms with Crippen LogP contribution in [0.4, 0.5) is 0 Å². The van der Waals surface area contributed by atoms with E-state index in [2.05, 4.69) is 0 Å². The van der Waals surface area contributed by atoms with Gasteiger partial charge in [0, 0.05) is 11.4 Å². The van der Waals surface area contributed by atoms with Gasteiger partial charge in [-0.05, 0) is 29.3 Å². The third kappa shape index (κ3) is 4.48. The molecule has 1 atom stereocenters. The van der Waals surface area contributed by atoms with Gasteiger partial charge in [0.2, 0.25) is 5.91 Å². The van der Waals surface area contributed by atoms with Crippen molar-refractivity contribution >= 4 is 17.5 Å². The molecule has 2 rings (SSSR count). The lowest BCUT2D eigenvalue weighted by molar-refractivity contribution is -0.119. The van der Waals surface area contributed by atoms with Crippen LogP contribution in [-0.2, 0) is 11.2 Å². The van der Waals surface area contributed by atoms with Crippen LogP contribution in [0.3, 0.4) is 0 Å². The van der Waals surface area contributed by atoms with Gasteiger partial charge >= 0.3 is 0 Å². The van der Waals surface area contributed by atoms with Gasteiger partial charge in [0.25, 0.3) is 0 Å². The molecule has 1 unspecified atom stereocenters. The normalized spacial score (nSPS) is 11.9. The topological polar surface area (TPSA) is 78.3 Å². The fraction of sp³-hybridized carbons (Fsp3) is 0.188. The number of rotatable bonds is 6. The summed E-state index contributed by atoms with van der Waals surface area (Å²) in [5, 5.41) is 0.632. The van der Waals surface area contributed by atoms with E-state index in [1.54, 1.807) is 12.1 Å². The Morgan fingerprint density at radius 3 is 2.57 bits per heavy atom. The maximum atomic E-state index is 10.9. The number of benzene rings is 2. The molecule has 0 fully saturated rings. The van der Waals surface area contributed by atoms with Crippen LogP contribution in [0, 0.1) is 0 Å². The number of hydrogen-bond acceptors (Lipinski definition) is 3. The zero-order chi connectivity index (χ0) is 15.2. The first kappa shape index (κ1) is 15.4. The Bertz CT molecular complexity index is 617. The highest BCUT2D eigenvalue weighted by atomic mass is 35.5. The molecule has 2 aromatic carbocycles. The van der Waals surface area contributed by atoms with E-state index in [0.29, 0.717) is 17.2 Å². The molecular weight excluding hydrogens is 288 g/mol. The minimum atomic E-state index is -0.828. The molecule has 5 heteroatoms. The van der Waals surface area contributed by atoms with E-state index in [-0.39, 0.29) is 6.61 Å². The summed E-state index contributed by atoms with van der Waals surface area (Å²) in [7, 11) is 0. The molecule has 0 aromatic heterocycles. The third-order valence-corrected chi connectivity index (χ3v) is 3.28. The van der Waals surface area contributed by atoms with Gasteiger partial charge in [0.05, 0.1) is 0 Å². The van der Waals surface area contributed by atoms with Crippen LogP contribution in [0.1, 0.15) is 11.1 Å². The first-order valence-corrected chi connectivity index (χ1v) is 6.94. The standard InChI is InChI=1S/C16H17ClN2O2/c17-13-6-7-15(21-10-14(18)16(19)20)12(9-13)8-11-4-2-1-3-5-11/h1-7,9,14H,8,10,18H2,(H2,19,20). The lowest BCUT2D eigenvalue weighted by Crippen LogP contribution is -2.41. The highest BCUT2D eigenvalue weighted by molar-refractivity contribution is 6.30. The first-order valence-electron chi connectivity index (χ1n) is 6.56. The lowest BCUT2D eigenvalue weighted by atomic mass is 10.0. The number of primary amides is 1. The number of amides is 1. The van der Waals surface area contributed by atoms with Crippen molar-refractivity contribution < 1.29 is 9.53 Å². The van der Waals surface area contributed by atoms with Gasteiger partial charge in [0.15, 0.2) is 0 Å². The van der Waals surface area contributed by atoms with Gasteiger partial charge in [-0.15, -0.1) is 0 Å². The van der Waals surface area contributed by atoms with Gasteiger partial charge in [0.1, 0.15) is 18.4 Å². The Labute approximate surface area is 128 Å². The quantitative estimate of drug-likeness (QED) is 0.858. The van der Waals surface area contributed by atoms with Gasteiger partial charge in [-0.2, -0.15) is 0 Å². The zero-order valence-corrected chi connectivity index (χ0v) is 12.2. The smallest absolute Gasteiger partial charge is 0.237 e. The van der Waals surface area contributed by atoms with Crippen LogP contribution < -0.4 is 16.2 Å². The predicted octanol–water partition coefficient (Wildman–Crippen LogP) is 2.12. The summed E-state index contributed by atoms with van der Waals surface area (Å²) in [5.41, 5.74) is 12.8. The van der Waals surface area contributed by atoms with Gasteiger partial charge in [-0.1, -0.05) is 41.9 Å². The summed E-state index contributed by atoms with van der Waals surface area (Å²) >= 11 is 6.04. The Kier molecular flexibility index (Phi) is 5.20. The minimum Gasteiger partial charge on any atom is -0.491 e. The molecule has 0 saturated heterocycles. The molecule has 0 aliphatic carbocycles. The Balaban J connectivity index is 2.15. The Morgan fingerprint density at radius 2 is 1.90 bits per heavy atom. The van der Waals surface area contributed by atoms with Crippen molar-refractivity contribution in [2.24, 2.45) is 11.5 Å². The van der Waals surface area contributed by atoms with Crippen LogP contribution in [0.25, 0.3) is 0 Å². The highest BCUT2D eigenvalue weighted by Gasteiger charge is 2.12. The molecule has 4 nitrogen and oxygen atoms in total. The van der Waals surface area contributed by atoms with Crippen LogP contribution in [-0.4, -0.2) is 18.6 Å². The molecule has 0 saturated carbocycles. The van der Waals surface area contributed by atoms with Crippen molar-refractivity contribution in [1.29, 1.82) is 0 Å². The van der Waals surface area contributed by atoms with E-state index < -0.39 is 11.9 Å². The average Bonchev–Trinajstić information content (AvgIpc) is 2.47. The number of nitrogens with two attached hydrogens (primary N) is 2. The molecular formula is C16H17ClN2O2. The molecule has 0 spiro atoms. The Hall–Kier alpha value is -2.04. The summed E-state index contributed by atoms with van der Waals surface area (Å²) < 4.78 is 5.60. The number of halogens is 1. The lowest BCUT2D eigenvalue weighted by Gasteiger charge is -2.14. The summed E-state index contributed by atoms with van der Waals surface area (Å²) in [6.07, 6.45) is 0.683. The Morgan fingerprint density at radius 1 is 1.19 bits per heavy atom. The largest absolute Gasteiger partial charge is 0.491 e. The van der Waals surface area contributed by atoms with E-state index in [0.717, 1.165) is 11.1 Å². The predicted molar refractivity (Wildman–Crippen MR) is 83.4 cm³/mol. The molecule has 0 aliphatic heterocycles. The minimum absolute atomic E-state index is 0.0404. The van der Waals surface area contributed by atoms with Gasteiger partial charge in [-0.25, -0.2) is 0 Å². The zero-order valence-electron chi connectivity index (χ0n) is 11.5. The van der Waals surface area contributed by atoms with Crippen LogP contribution >= 0.6 is 11.6 Å². The second-order valence-corrected chi connectivity index (χ2v) is 5.17. The van der Waals surface area contributed by atoms with Crippen LogP contribution in [0.2, 0.25) is 5.02 Å². The summed E-state index contributed by atoms with van der Waals surface area (Å²) in [4.78, 5) is 10.9. The first-order chi connectivity index (χ1) is 10.1. The molecule has 21 heavy (non-hydrogen) atoms. The molecule has 0 heterocycles. The van der Waals surface area contributed by atoms with Gasteiger partial charge in [-0.3, -0.25) is 4.79 Å². The number of carbonyl (C=O) groups excluding carboxylic acids is 1. The maximum absolute atomic E-state index is 10.9. The molecule has 4 N–H and O–H groups in total. The summed E-state index contributed by atoms with van der Waals surface area (Å²) in [6, 6.07) is 14.5. The van der Waals surface area contributed by atoms with Crippen molar-refractivity contribution in [2.75, 3.05) is 6.61 Å². The molecule has 1 amide bonds. The molecule has 110 valence electrons. The van der Waals surface area contributed by atoms with E-state index >= 15 is 0 Å². The average molecular weight is 305 g/mol. The SMILES string of the molecule is NC(=O)C(N)COc1ccc(Cl)cc1Cc1ccccc1. The second-order valence-electron chi connectivity index (χ2n) is 4.73. The van der Waals surface area contributed by atoms with Crippen LogP contribution in [0.5, 0.6) is 5.75 Å². The number of hydrogen-bond donors (Lipinski definition) is 2. The summed E-state index contributed by atoms with van der Waals surface area (Å²) in [5.74, 6) is 0.0634. The molecule has 0 radical (unpaired) electrons. The number of carbonyl (C=O) groups is 1. The summed E-state index contributed by atoms with van der Waals surface area (Å²) in [6.45, 7) is 0.0404. The van der Waals surface area contributed by atoms with Crippen molar-refractivity contribution in [3.8, 4) is 5.75 Å².